The molecule has 2 aromatic heterocycles. The third kappa shape index (κ3) is 4.83. The minimum absolute atomic E-state index is 0.181. The lowest BCUT2D eigenvalue weighted by atomic mass is 9.82. The van der Waals surface area contributed by atoms with Gasteiger partial charge in [-0.15, -0.1) is 0 Å². The van der Waals surface area contributed by atoms with Crippen molar-refractivity contribution in [1.29, 1.82) is 0 Å². The van der Waals surface area contributed by atoms with Crippen molar-refractivity contribution in [3.8, 4) is 51.0 Å². The standard InChI is InChI=1S/C48H32N4S2/c1-48(2)37-28-39-36(27-35(37)34-24-25-42-44(43(34)48)54-41-23-12-11-22-40(41)53-42)33-20-9-10-21-38(33)52(39)32-19-13-18-31(26-32)47-50-45(29-14-5-3-6-15-29)49-46(51-47)30-16-7-4-8-17-30/h3-28H,1-2H3. The summed E-state index contributed by atoms with van der Waals surface area (Å²) in [4.78, 5) is 20.4. The molecule has 0 unspecified atom stereocenters. The van der Waals surface area contributed by atoms with Gasteiger partial charge in [0, 0.05) is 58.1 Å². The molecule has 256 valence electrons. The van der Waals surface area contributed by atoms with Crippen LogP contribution in [0.25, 0.3) is 72.8 Å². The van der Waals surface area contributed by atoms with E-state index in [1.54, 1.807) is 0 Å². The Morgan fingerprint density at radius 2 is 1.07 bits per heavy atom. The van der Waals surface area contributed by atoms with Gasteiger partial charge in [-0.3, -0.25) is 0 Å². The van der Waals surface area contributed by atoms with Gasteiger partial charge in [-0.2, -0.15) is 0 Å². The van der Waals surface area contributed by atoms with Crippen molar-refractivity contribution in [1.82, 2.24) is 19.5 Å². The Bertz CT molecular complexity index is 2910. The molecule has 2 aliphatic rings. The van der Waals surface area contributed by atoms with Crippen LogP contribution in [0.15, 0.2) is 177 Å². The molecule has 0 saturated carbocycles. The zero-order chi connectivity index (χ0) is 36.0. The maximum atomic E-state index is 5.05. The van der Waals surface area contributed by atoms with Crippen LogP contribution in [-0.4, -0.2) is 19.5 Å². The van der Waals surface area contributed by atoms with Crippen molar-refractivity contribution < 1.29 is 0 Å². The van der Waals surface area contributed by atoms with E-state index in [9.17, 15) is 0 Å². The van der Waals surface area contributed by atoms with E-state index >= 15 is 0 Å². The first kappa shape index (κ1) is 31.6. The normalized spacial score (nSPS) is 13.7. The first-order valence-corrected chi connectivity index (χ1v) is 19.8. The fourth-order valence-corrected chi connectivity index (χ4v) is 10.9. The number of fused-ring (bicyclic) bond motifs is 9. The number of aromatic nitrogens is 4. The molecule has 3 heterocycles. The van der Waals surface area contributed by atoms with E-state index in [0.717, 1.165) is 22.4 Å². The second-order valence-electron chi connectivity index (χ2n) is 14.4. The minimum atomic E-state index is -0.181. The average Bonchev–Trinajstić information content (AvgIpc) is 3.67. The van der Waals surface area contributed by atoms with Gasteiger partial charge in [-0.05, 0) is 70.8 Å². The molecule has 7 aromatic carbocycles. The van der Waals surface area contributed by atoms with Crippen LogP contribution in [0.3, 0.4) is 0 Å². The van der Waals surface area contributed by atoms with Crippen LogP contribution in [0, 0.1) is 0 Å². The number of para-hydroxylation sites is 1. The van der Waals surface area contributed by atoms with Crippen molar-refractivity contribution in [2.75, 3.05) is 0 Å². The van der Waals surface area contributed by atoms with Gasteiger partial charge >= 0.3 is 0 Å². The number of hydrogen-bond donors (Lipinski definition) is 0. The molecule has 1 aliphatic carbocycles. The summed E-state index contributed by atoms with van der Waals surface area (Å²) in [5.41, 5.74) is 11.6. The zero-order valence-corrected chi connectivity index (χ0v) is 31.2. The van der Waals surface area contributed by atoms with Crippen molar-refractivity contribution in [2.24, 2.45) is 0 Å². The second-order valence-corrected chi connectivity index (χ2v) is 16.6. The van der Waals surface area contributed by atoms with Crippen LogP contribution in [0.2, 0.25) is 0 Å². The highest BCUT2D eigenvalue weighted by molar-refractivity contribution is 8.05. The van der Waals surface area contributed by atoms with Gasteiger partial charge < -0.3 is 4.57 Å². The SMILES string of the molecule is CC1(C)c2cc3c(cc2-c2ccc4c(c21)Sc1ccccc1S4)c1ccccc1n3-c1cccc(-c2nc(-c3ccccc3)nc(-c3ccccc3)n2)c1. The van der Waals surface area contributed by atoms with Crippen LogP contribution in [0.5, 0.6) is 0 Å². The molecule has 1 aliphatic heterocycles. The van der Waals surface area contributed by atoms with E-state index in [4.69, 9.17) is 15.0 Å². The fourth-order valence-electron chi connectivity index (χ4n) is 8.33. The molecule has 11 rings (SSSR count). The lowest BCUT2D eigenvalue weighted by Crippen LogP contribution is -2.17. The van der Waals surface area contributed by atoms with E-state index in [2.05, 4.69) is 115 Å². The molecule has 4 nitrogen and oxygen atoms in total. The molecule has 0 saturated heterocycles. The zero-order valence-electron chi connectivity index (χ0n) is 29.6. The van der Waals surface area contributed by atoms with Gasteiger partial charge in [-0.1, -0.05) is 147 Å². The van der Waals surface area contributed by atoms with Crippen LogP contribution in [0.4, 0.5) is 0 Å². The molecule has 0 amide bonds. The van der Waals surface area contributed by atoms with E-state index < -0.39 is 0 Å². The van der Waals surface area contributed by atoms with Gasteiger partial charge in [0.05, 0.1) is 11.0 Å². The quantitative estimate of drug-likeness (QED) is 0.180. The van der Waals surface area contributed by atoms with Crippen LogP contribution in [0.1, 0.15) is 25.0 Å². The lowest BCUT2D eigenvalue weighted by Gasteiger charge is -2.28. The Morgan fingerprint density at radius 3 is 1.80 bits per heavy atom. The second kappa shape index (κ2) is 12.0. The maximum Gasteiger partial charge on any atom is 0.164 e. The number of benzene rings is 7. The largest absolute Gasteiger partial charge is 0.309 e. The van der Waals surface area contributed by atoms with Crippen LogP contribution < -0.4 is 0 Å². The minimum Gasteiger partial charge on any atom is -0.309 e. The van der Waals surface area contributed by atoms with Gasteiger partial charge in [0.1, 0.15) is 0 Å². The summed E-state index contributed by atoms with van der Waals surface area (Å²) in [5.74, 6) is 1.95. The van der Waals surface area contributed by atoms with E-state index in [1.165, 1.54) is 63.6 Å². The molecule has 0 spiro atoms. The highest BCUT2D eigenvalue weighted by atomic mass is 32.2. The smallest absolute Gasteiger partial charge is 0.164 e. The summed E-state index contributed by atoms with van der Waals surface area (Å²) in [5, 5.41) is 2.49. The number of rotatable bonds is 4. The van der Waals surface area contributed by atoms with E-state index in [-0.39, 0.29) is 5.41 Å². The van der Waals surface area contributed by atoms with Gasteiger partial charge in [0.2, 0.25) is 0 Å². The number of hydrogen-bond acceptors (Lipinski definition) is 5. The molecule has 0 bridgehead atoms. The Labute approximate surface area is 322 Å². The van der Waals surface area contributed by atoms with Crippen LogP contribution >= 0.6 is 23.5 Å². The first-order chi connectivity index (χ1) is 26.5. The van der Waals surface area contributed by atoms with E-state index in [1.807, 2.05) is 84.2 Å². The van der Waals surface area contributed by atoms with Crippen LogP contribution in [-0.2, 0) is 5.41 Å². The number of nitrogens with zero attached hydrogens (tertiary/aromatic N) is 4. The predicted octanol–water partition coefficient (Wildman–Crippen LogP) is 12.9. The summed E-state index contributed by atoms with van der Waals surface area (Å²) >= 11 is 3.82. The Kier molecular flexibility index (Phi) is 7.04. The molecular formula is C48H32N4S2. The molecule has 0 fully saturated rings. The average molecular weight is 729 g/mol. The predicted molar refractivity (Wildman–Crippen MR) is 223 cm³/mol. The van der Waals surface area contributed by atoms with E-state index in [0.29, 0.717) is 17.5 Å². The third-order valence-electron chi connectivity index (χ3n) is 10.9. The van der Waals surface area contributed by atoms with Gasteiger partial charge in [0.25, 0.3) is 0 Å². The third-order valence-corrected chi connectivity index (χ3v) is 13.5. The highest BCUT2D eigenvalue weighted by Crippen LogP contribution is 2.59. The summed E-state index contributed by atoms with van der Waals surface area (Å²) in [6.45, 7) is 4.80. The van der Waals surface area contributed by atoms with Crippen molar-refractivity contribution in [3.05, 3.63) is 169 Å². The van der Waals surface area contributed by atoms with Crippen molar-refractivity contribution in [2.45, 2.75) is 38.8 Å². The first-order valence-electron chi connectivity index (χ1n) is 18.2. The molecule has 54 heavy (non-hydrogen) atoms. The van der Waals surface area contributed by atoms with Gasteiger partial charge in [-0.25, -0.2) is 15.0 Å². The molecule has 0 radical (unpaired) electrons. The molecule has 6 heteroatoms. The van der Waals surface area contributed by atoms with Gasteiger partial charge in [0.15, 0.2) is 17.5 Å². The van der Waals surface area contributed by atoms with Crippen molar-refractivity contribution >= 4 is 45.3 Å². The summed E-state index contributed by atoms with van der Waals surface area (Å²) in [6, 6.07) is 56.1. The highest BCUT2D eigenvalue weighted by Gasteiger charge is 2.40. The topological polar surface area (TPSA) is 43.6 Å². The molecule has 0 atom stereocenters. The summed E-state index contributed by atoms with van der Waals surface area (Å²) < 4.78 is 2.42. The Balaban J connectivity index is 1.09. The maximum absolute atomic E-state index is 5.05. The fraction of sp³-hybridized carbons (Fsp3) is 0.0625. The van der Waals surface area contributed by atoms with Crippen molar-refractivity contribution in [3.63, 3.8) is 0 Å². The molecule has 9 aromatic rings. The Hall–Kier alpha value is -5.95. The summed E-state index contributed by atoms with van der Waals surface area (Å²) in [6.07, 6.45) is 0. The summed E-state index contributed by atoms with van der Waals surface area (Å²) in [7, 11) is 0. The molecule has 0 N–H and O–H groups in total. The monoisotopic (exact) mass is 728 g/mol. The lowest BCUT2D eigenvalue weighted by molar-refractivity contribution is 0.643. The molecular weight excluding hydrogens is 697 g/mol. The Morgan fingerprint density at radius 1 is 0.463 bits per heavy atom.